The lowest BCUT2D eigenvalue weighted by atomic mass is 9.77. The summed E-state index contributed by atoms with van der Waals surface area (Å²) in [6.07, 6.45) is 5.28. The molecule has 11 nitrogen and oxygen atoms in total. The third kappa shape index (κ3) is 5.75. The van der Waals surface area contributed by atoms with Crippen LogP contribution < -0.4 is 10.2 Å². The van der Waals surface area contributed by atoms with Crippen LogP contribution in [-0.4, -0.2) is 66.2 Å². The predicted octanol–water partition coefficient (Wildman–Crippen LogP) is 4.60. The maximum absolute atomic E-state index is 13.6. The average Bonchev–Trinajstić information content (AvgIpc) is 3.31. The Labute approximate surface area is 266 Å². The van der Waals surface area contributed by atoms with Crippen molar-refractivity contribution in [2.45, 2.75) is 64.2 Å². The number of hydrogen-bond donors (Lipinski definition) is 5. The molecule has 12 heteroatoms. The van der Waals surface area contributed by atoms with E-state index in [0.29, 0.717) is 29.9 Å². The van der Waals surface area contributed by atoms with Crippen molar-refractivity contribution >= 4 is 47.7 Å². The number of aliphatic carboxylic acids is 2. The Morgan fingerprint density at radius 2 is 1.61 bits per heavy atom. The number of carboxylic acid groups (broad SMARTS) is 2. The van der Waals surface area contributed by atoms with E-state index in [2.05, 4.69) is 4.90 Å². The van der Waals surface area contributed by atoms with Crippen molar-refractivity contribution in [3.63, 3.8) is 0 Å². The summed E-state index contributed by atoms with van der Waals surface area (Å²) in [5.41, 5.74) is 2.89. The largest absolute Gasteiger partial charge is 0.506 e. The van der Waals surface area contributed by atoms with E-state index in [0.717, 1.165) is 29.8 Å². The Bertz CT molecular complexity index is 1840. The molecular formula is C34H38N2O9P+. The molecule has 3 aliphatic rings. The van der Waals surface area contributed by atoms with E-state index in [1.54, 1.807) is 19.9 Å². The van der Waals surface area contributed by atoms with E-state index < -0.39 is 42.7 Å². The summed E-state index contributed by atoms with van der Waals surface area (Å²) in [6, 6.07) is 12.0. The van der Waals surface area contributed by atoms with Crippen molar-refractivity contribution < 1.29 is 48.6 Å². The zero-order chi connectivity index (χ0) is 33.8. The number of anilines is 1. The Morgan fingerprint density at radius 3 is 2.24 bits per heavy atom. The van der Waals surface area contributed by atoms with E-state index in [-0.39, 0.29) is 28.6 Å². The Hall–Kier alpha value is -4.31. The second-order valence-electron chi connectivity index (χ2n) is 12.9. The lowest BCUT2D eigenvalue weighted by Crippen LogP contribution is -2.33. The van der Waals surface area contributed by atoms with Gasteiger partial charge in [0.05, 0.1) is 21.9 Å². The molecule has 242 valence electrons. The molecule has 0 bridgehead atoms. The number of ketones is 1. The first-order valence-electron chi connectivity index (χ1n) is 15.0. The molecule has 0 spiro atoms. The first kappa shape index (κ1) is 33.1. The number of nitrogens with zero attached hydrogens (tertiary/aromatic N) is 2. The first-order valence-corrected chi connectivity index (χ1v) is 16.7. The van der Waals surface area contributed by atoms with E-state index in [9.17, 15) is 38.9 Å². The van der Waals surface area contributed by atoms with E-state index in [1.165, 1.54) is 28.9 Å². The molecule has 2 aromatic carbocycles. The molecule has 0 saturated carbocycles. The van der Waals surface area contributed by atoms with Gasteiger partial charge in [-0.05, 0) is 56.5 Å². The van der Waals surface area contributed by atoms with Crippen LogP contribution in [0.3, 0.4) is 0 Å². The lowest BCUT2D eigenvalue weighted by molar-refractivity contribution is -0.428. The molecule has 0 atom stereocenters. The normalized spacial score (nSPS) is 20.0. The number of para-hydroxylation sites is 1. The minimum absolute atomic E-state index is 0.0156. The molecule has 1 aliphatic carbocycles. The van der Waals surface area contributed by atoms with Crippen LogP contribution in [0.2, 0.25) is 0 Å². The molecule has 2 aromatic rings. The van der Waals surface area contributed by atoms with Crippen LogP contribution in [0, 0.1) is 0 Å². The average molecular weight is 650 g/mol. The number of fused-ring (bicyclic) bond motifs is 2. The van der Waals surface area contributed by atoms with Crippen LogP contribution >= 0.6 is 7.60 Å². The zero-order valence-electron chi connectivity index (χ0n) is 26.1. The Morgan fingerprint density at radius 1 is 0.913 bits per heavy atom. The van der Waals surface area contributed by atoms with Crippen LogP contribution in [0.15, 0.2) is 77.2 Å². The van der Waals surface area contributed by atoms with Crippen molar-refractivity contribution in [3.05, 3.63) is 88.3 Å². The quantitative estimate of drug-likeness (QED) is 0.100. The molecule has 5 N–H and O–H groups in total. The highest BCUT2D eigenvalue weighted by Gasteiger charge is 2.48. The van der Waals surface area contributed by atoms with Gasteiger partial charge in [0.1, 0.15) is 5.76 Å². The molecule has 0 aromatic heterocycles. The second kappa shape index (κ2) is 11.8. The van der Waals surface area contributed by atoms with Gasteiger partial charge in [-0.15, -0.1) is 0 Å². The van der Waals surface area contributed by atoms with Crippen molar-refractivity contribution in [2.75, 3.05) is 18.0 Å². The molecule has 0 radical (unpaired) electrons. The topological polar surface area (TPSA) is 176 Å². The Balaban J connectivity index is 1.53. The second-order valence-corrected chi connectivity index (χ2v) is 14.5. The first-order chi connectivity index (χ1) is 21.5. The maximum atomic E-state index is 13.6. The van der Waals surface area contributed by atoms with Crippen molar-refractivity contribution in [1.29, 1.82) is 0 Å². The number of benzene rings is 2. The Kier molecular flexibility index (Phi) is 8.48. The third-order valence-electron chi connectivity index (χ3n) is 9.14. The standard InChI is InChI=1S/C34H37N2O9P/c1-33(2)23-10-7-8-11-25(23)35(15-9-5-6-12-29(37)38)27(33)17-21-31(41)22(32(21)42)18-28-34(3,4)24-16-20(46(43,44)45)13-14-26(24)36(28)19-30(39)40/h7-8,10-11,13-14,16-18H,5-6,9,12,15,19H2,1-4H3,(H4-,37,38,39,40,41,42,43,44,45)/p+1. The van der Waals surface area contributed by atoms with Crippen molar-refractivity contribution in [1.82, 2.24) is 0 Å². The van der Waals surface area contributed by atoms with Crippen LogP contribution in [-0.2, 0) is 29.8 Å². The summed E-state index contributed by atoms with van der Waals surface area (Å²) in [6.45, 7) is 7.76. The van der Waals surface area contributed by atoms with Crippen LogP contribution in [0.4, 0.5) is 11.4 Å². The van der Waals surface area contributed by atoms with Gasteiger partial charge in [0.2, 0.25) is 18.0 Å². The SMILES string of the molecule is CC1(C)C(/C=C2/C(=O)C(/C=C3/N(CCCCCC(=O)O)c4ccccc4C3(C)C)=C2O)=[N+](CC(=O)O)c2ccc(P(=O)(O)O)cc21. The van der Waals surface area contributed by atoms with E-state index >= 15 is 0 Å². The lowest BCUT2D eigenvalue weighted by Gasteiger charge is -2.29. The third-order valence-corrected chi connectivity index (χ3v) is 10.1. The minimum atomic E-state index is -4.59. The molecule has 2 aliphatic heterocycles. The molecule has 0 unspecified atom stereocenters. The van der Waals surface area contributed by atoms with Crippen molar-refractivity contribution in [3.8, 4) is 0 Å². The number of aliphatic hydroxyl groups is 1. The summed E-state index contributed by atoms with van der Waals surface area (Å²) < 4.78 is 13.5. The van der Waals surface area contributed by atoms with E-state index in [1.807, 2.05) is 38.1 Å². The summed E-state index contributed by atoms with van der Waals surface area (Å²) >= 11 is 0. The van der Waals surface area contributed by atoms with Gasteiger partial charge in [-0.1, -0.05) is 38.5 Å². The number of aliphatic hydroxyl groups excluding tert-OH is 1. The van der Waals surface area contributed by atoms with Gasteiger partial charge in [0.15, 0.2) is 5.71 Å². The number of carbonyl (C=O) groups is 3. The fourth-order valence-corrected chi connectivity index (χ4v) is 7.23. The van der Waals surface area contributed by atoms with Crippen LogP contribution in [0.25, 0.3) is 0 Å². The predicted molar refractivity (Wildman–Crippen MR) is 172 cm³/mol. The number of hydrogen-bond acceptors (Lipinski definition) is 6. The minimum Gasteiger partial charge on any atom is -0.506 e. The van der Waals surface area contributed by atoms with Gasteiger partial charge >= 0.3 is 19.5 Å². The molecule has 2 heterocycles. The van der Waals surface area contributed by atoms with Gasteiger partial charge in [-0.2, -0.15) is 4.58 Å². The molecule has 5 rings (SSSR count). The van der Waals surface area contributed by atoms with Crippen LogP contribution in [0.5, 0.6) is 0 Å². The van der Waals surface area contributed by atoms with Gasteiger partial charge in [0.25, 0.3) is 0 Å². The fourth-order valence-electron chi connectivity index (χ4n) is 6.66. The fraction of sp³-hybridized carbons (Fsp3) is 0.353. The highest BCUT2D eigenvalue weighted by molar-refractivity contribution is 7.60. The molecule has 0 saturated heterocycles. The zero-order valence-corrected chi connectivity index (χ0v) is 27.0. The number of allylic oxidation sites excluding steroid dienone is 5. The number of Topliss-reactive ketones (excluding diaryl/α,β-unsaturated/α-hetero) is 1. The van der Waals surface area contributed by atoms with Crippen molar-refractivity contribution in [2.24, 2.45) is 0 Å². The molecule has 46 heavy (non-hydrogen) atoms. The number of unbranched alkanes of at least 4 members (excludes halogenated alkanes) is 2. The van der Waals surface area contributed by atoms with E-state index in [4.69, 9.17) is 5.11 Å². The summed E-state index contributed by atoms with van der Waals surface area (Å²) in [5.74, 6) is -2.61. The van der Waals surface area contributed by atoms with Gasteiger partial charge in [0, 0.05) is 47.5 Å². The van der Waals surface area contributed by atoms with Crippen LogP contribution in [0.1, 0.15) is 64.5 Å². The molecule has 0 fully saturated rings. The highest BCUT2D eigenvalue weighted by atomic mass is 31.2. The van der Waals surface area contributed by atoms with Gasteiger partial charge in [-0.3, -0.25) is 14.2 Å². The monoisotopic (exact) mass is 649 g/mol. The van der Waals surface area contributed by atoms with Gasteiger partial charge in [-0.25, -0.2) is 4.79 Å². The number of rotatable bonds is 11. The highest BCUT2D eigenvalue weighted by Crippen LogP contribution is 2.49. The van der Waals surface area contributed by atoms with Gasteiger partial charge < -0.3 is 30.0 Å². The summed E-state index contributed by atoms with van der Waals surface area (Å²) in [5, 5.41) is 29.7. The summed E-state index contributed by atoms with van der Waals surface area (Å²) in [7, 11) is -4.59. The summed E-state index contributed by atoms with van der Waals surface area (Å²) in [4.78, 5) is 58.1. The number of carboxylic acids is 2. The smallest absolute Gasteiger partial charge is 0.370 e. The maximum Gasteiger partial charge on any atom is 0.370 e. The molecular weight excluding hydrogens is 611 g/mol. The number of carbonyl (C=O) groups excluding carboxylic acids is 1. The molecule has 0 amide bonds.